The summed E-state index contributed by atoms with van der Waals surface area (Å²) in [6.07, 6.45) is 2.69. The van der Waals surface area contributed by atoms with E-state index in [1.165, 1.54) is 13.3 Å². The first-order valence-electron chi connectivity index (χ1n) is 5.91. The number of rotatable bonds is 8. The van der Waals surface area contributed by atoms with E-state index in [2.05, 4.69) is 9.71 Å². The van der Waals surface area contributed by atoms with Crippen LogP contribution >= 0.6 is 11.3 Å². The number of thiazole rings is 1. The van der Waals surface area contributed by atoms with E-state index in [1.54, 1.807) is 0 Å². The fourth-order valence-corrected chi connectivity index (χ4v) is 3.68. The Kier molecular flexibility index (Phi) is 5.72. The van der Waals surface area contributed by atoms with Crippen molar-refractivity contribution in [3.8, 4) is 5.19 Å². The van der Waals surface area contributed by atoms with Gasteiger partial charge in [0.05, 0.1) is 13.3 Å². The molecule has 0 bridgehead atoms. The molecular formula is C11H20N2O4S2. The molecule has 0 spiro atoms. The maximum atomic E-state index is 12.0. The Labute approximate surface area is 117 Å². The van der Waals surface area contributed by atoms with Gasteiger partial charge in [-0.05, 0) is 18.3 Å². The summed E-state index contributed by atoms with van der Waals surface area (Å²) in [4.78, 5) is 3.84. The zero-order chi connectivity index (χ0) is 14.5. The topological polar surface area (TPSA) is 88.5 Å². The van der Waals surface area contributed by atoms with Crippen molar-refractivity contribution in [2.45, 2.75) is 30.9 Å². The molecule has 1 aromatic rings. The minimum Gasteiger partial charge on any atom is -0.473 e. The largest absolute Gasteiger partial charge is 0.473 e. The fourth-order valence-electron chi connectivity index (χ4n) is 1.47. The number of methoxy groups -OCH3 is 1. The standard InChI is InChI=1S/C11H20N2O4S2/c1-11(2,5-4-6-14)8-13-19(15,16)9-7-12-10(17-3)18-9/h7,13-14H,4-6,8H2,1-3H3. The first kappa shape index (κ1) is 16.4. The van der Waals surface area contributed by atoms with Crippen molar-refractivity contribution in [2.24, 2.45) is 5.41 Å². The fraction of sp³-hybridized carbons (Fsp3) is 0.727. The van der Waals surface area contributed by atoms with Crippen LogP contribution in [0.5, 0.6) is 5.19 Å². The zero-order valence-electron chi connectivity index (χ0n) is 11.3. The number of hydrogen-bond acceptors (Lipinski definition) is 6. The van der Waals surface area contributed by atoms with Gasteiger partial charge in [-0.2, -0.15) is 0 Å². The van der Waals surface area contributed by atoms with Crippen molar-refractivity contribution in [3.63, 3.8) is 0 Å². The van der Waals surface area contributed by atoms with E-state index in [4.69, 9.17) is 9.84 Å². The Hall–Kier alpha value is -0.700. The number of nitrogens with zero attached hydrogens (tertiary/aromatic N) is 1. The number of sulfonamides is 1. The average molecular weight is 308 g/mol. The lowest BCUT2D eigenvalue weighted by Crippen LogP contribution is -2.33. The summed E-state index contributed by atoms with van der Waals surface area (Å²) in [7, 11) is -2.10. The number of hydrogen-bond donors (Lipinski definition) is 2. The van der Waals surface area contributed by atoms with Crippen molar-refractivity contribution >= 4 is 21.4 Å². The Morgan fingerprint density at radius 1 is 1.53 bits per heavy atom. The van der Waals surface area contributed by atoms with E-state index in [1.807, 2.05) is 13.8 Å². The average Bonchev–Trinajstić information content (AvgIpc) is 2.84. The van der Waals surface area contributed by atoms with Gasteiger partial charge in [0.2, 0.25) is 0 Å². The summed E-state index contributed by atoms with van der Waals surface area (Å²) in [6.45, 7) is 4.34. The van der Waals surface area contributed by atoms with E-state index in [-0.39, 0.29) is 16.2 Å². The number of nitrogens with one attached hydrogen (secondary N) is 1. The number of aliphatic hydroxyl groups excluding tert-OH is 1. The van der Waals surface area contributed by atoms with E-state index in [0.717, 1.165) is 17.8 Å². The third kappa shape index (κ3) is 5.06. The van der Waals surface area contributed by atoms with Gasteiger partial charge in [0.1, 0.15) is 0 Å². The highest BCUT2D eigenvalue weighted by Crippen LogP contribution is 2.26. The van der Waals surface area contributed by atoms with E-state index < -0.39 is 10.0 Å². The normalized spacial score (nSPS) is 12.6. The summed E-state index contributed by atoms with van der Waals surface area (Å²) in [5.74, 6) is 0. The molecule has 0 atom stereocenters. The van der Waals surface area contributed by atoms with Crippen molar-refractivity contribution in [3.05, 3.63) is 6.20 Å². The molecule has 0 aliphatic heterocycles. The van der Waals surface area contributed by atoms with Crippen LogP contribution in [0.2, 0.25) is 0 Å². The molecule has 0 radical (unpaired) electrons. The molecule has 6 nitrogen and oxygen atoms in total. The second kappa shape index (κ2) is 6.65. The van der Waals surface area contributed by atoms with Gasteiger partial charge in [-0.3, -0.25) is 0 Å². The Balaban J connectivity index is 2.65. The Bertz CT molecular complexity index is 497. The maximum absolute atomic E-state index is 12.0. The molecule has 8 heteroatoms. The van der Waals surface area contributed by atoms with Gasteiger partial charge in [-0.1, -0.05) is 25.2 Å². The van der Waals surface area contributed by atoms with Crippen molar-refractivity contribution < 1.29 is 18.3 Å². The molecule has 19 heavy (non-hydrogen) atoms. The lowest BCUT2D eigenvalue weighted by Gasteiger charge is -2.24. The minimum atomic E-state index is -3.54. The monoisotopic (exact) mass is 308 g/mol. The molecule has 1 heterocycles. The number of aromatic nitrogens is 1. The van der Waals surface area contributed by atoms with Crippen LogP contribution in [-0.2, 0) is 10.0 Å². The van der Waals surface area contributed by atoms with Gasteiger partial charge in [0, 0.05) is 13.2 Å². The first-order valence-corrected chi connectivity index (χ1v) is 8.21. The first-order chi connectivity index (χ1) is 8.80. The molecule has 0 aliphatic carbocycles. The summed E-state index contributed by atoms with van der Waals surface area (Å²) in [5, 5.41) is 9.13. The quantitative estimate of drug-likeness (QED) is 0.754. The lowest BCUT2D eigenvalue weighted by molar-refractivity contribution is 0.242. The van der Waals surface area contributed by atoms with Crippen molar-refractivity contribution in [1.29, 1.82) is 0 Å². The second-order valence-electron chi connectivity index (χ2n) is 4.97. The van der Waals surface area contributed by atoms with Crippen LogP contribution in [0.3, 0.4) is 0 Å². The molecule has 110 valence electrons. The minimum absolute atomic E-state index is 0.113. The van der Waals surface area contributed by atoms with Gasteiger partial charge in [-0.15, -0.1) is 0 Å². The van der Waals surface area contributed by atoms with Crippen LogP contribution in [0.4, 0.5) is 0 Å². The molecular weight excluding hydrogens is 288 g/mol. The highest BCUT2D eigenvalue weighted by atomic mass is 32.2. The predicted molar refractivity (Wildman–Crippen MR) is 74.0 cm³/mol. The Morgan fingerprint density at radius 3 is 2.74 bits per heavy atom. The maximum Gasteiger partial charge on any atom is 0.274 e. The number of aliphatic hydroxyl groups is 1. The molecule has 1 aromatic heterocycles. The molecule has 0 saturated carbocycles. The van der Waals surface area contributed by atoms with Crippen molar-refractivity contribution in [2.75, 3.05) is 20.3 Å². The van der Waals surface area contributed by atoms with Gasteiger partial charge in [-0.25, -0.2) is 18.1 Å². The van der Waals surface area contributed by atoms with Crippen LogP contribution in [0.1, 0.15) is 26.7 Å². The van der Waals surface area contributed by atoms with Crippen LogP contribution in [0.15, 0.2) is 10.4 Å². The van der Waals surface area contributed by atoms with E-state index in [0.29, 0.717) is 18.2 Å². The molecule has 0 aliphatic rings. The van der Waals surface area contributed by atoms with Crippen LogP contribution in [0.25, 0.3) is 0 Å². The second-order valence-corrected chi connectivity index (χ2v) is 7.95. The van der Waals surface area contributed by atoms with Crippen LogP contribution in [0, 0.1) is 5.41 Å². The van der Waals surface area contributed by atoms with Crippen LogP contribution < -0.4 is 9.46 Å². The summed E-state index contributed by atoms with van der Waals surface area (Å²) >= 11 is 0.984. The summed E-state index contributed by atoms with van der Waals surface area (Å²) in [5.41, 5.74) is -0.204. The third-order valence-electron chi connectivity index (χ3n) is 2.66. The van der Waals surface area contributed by atoms with E-state index >= 15 is 0 Å². The number of ether oxygens (including phenoxy) is 1. The smallest absolute Gasteiger partial charge is 0.274 e. The molecule has 1 rings (SSSR count). The third-order valence-corrected chi connectivity index (χ3v) is 5.48. The van der Waals surface area contributed by atoms with Gasteiger partial charge in [0.25, 0.3) is 15.2 Å². The molecule has 0 saturated heterocycles. The molecule has 0 amide bonds. The van der Waals surface area contributed by atoms with E-state index in [9.17, 15) is 8.42 Å². The lowest BCUT2D eigenvalue weighted by atomic mass is 9.88. The van der Waals surface area contributed by atoms with Gasteiger partial charge < -0.3 is 9.84 Å². The summed E-state index contributed by atoms with van der Waals surface area (Å²) in [6, 6.07) is 0. The van der Waals surface area contributed by atoms with Crippen molar-refractivity contribution in [1.82, 2.24) is 9.71 Å². The summed E-state index contributed by atoms with van der Waals surface area (Å²) < 4.78 is 31.7. The van der Waals surface area contributed by atoms with Crippen LogP contribution in [-0.4, -0.2) is 38.8 Å². The highest BCUT2D eigenvalue weighted by Gasteiger charge is 2.23. The molecule has 0 fully saturated rings. The zero-order valence-corrected chi connectivity index (χ0v) is 13.0. The van der Waals surface area contributed by atoms with Gasteiger partial charge >= 0.3 is 0 Å². The predicted octanol–water partition coefficient (Wildman–Crippen LogP) is 1.23. The SMILES string of the molecule is COc1ncc(S(=O)(=O)NCC(C)(C)CCCO)s1. The molecule has 0 aromatic carbocycles. The Morgan fingerprint density at radius 2 is 2.21 bits per heavy atom. The molecule has 0 unspecified atom stereocenters. The van der Waals surface area contributed by atoms with Gasteiger partial charge in [0.15, 0.2) is 4.21 Å². The molecule has 2 N–H and O–H groups in total. The highest BCUT2D eigenvalue weighted by molar-refractivity contribution is 7.91.